The minimum absolute atomic E-state index is 0.0396. The number of hydrogen-bond donors (Lipinski definition) is 1. The molecule has 0 aromatic carbocycles. The molecule has 2 aliphatic rings. The van der Waals surface area contributed by atoms with E-state index in [9.17, 15) is 5.11 Å². The van der Waals surface area contributed by atoms with Crippen molar-refractivity contribution in [3.63, 3.8) is 0 Å². The van der Waals surface area contributed by atoms with Crippen molar-refractivity contribution < 1.29 is 9.84 Å². The SMILES string of the molecule is OCC1CCC(n2cnc3c(N4CCCC4)nc(Cl)nc32)O1. The number of ether oxygens (including phenoxy) is 1. The summed E-state index contributed by atoms with van der Waals surface area (Å²) in [6.07, 6.45) is 5.45. The molecule has 2 unspecified atom stereocenters. The van der Waals surface area contributed by atoms with Crippen molar-refractivity contribution in [3.8, 4) is 0 Å². The molecule has 22 heavy (non-hydrogen) atoms. The highest BCUT2D eigenvalue weighted by Crippen LogP contribution is 2.33. The summed E-state index contributed by atoms with van der Waals surface area (Å²) in [6, 6.07) is 0. The standard InChI is InChI=1S/C14H18ClN5O2/c15-14-17-12(19-5-1-2-6-19)11-13(18-14)20(8-16-11)10-4-3-9(7-21)22-10/h8-10,21H,1-7H2. The van der Waals surface area contributed by atoms with Gasteiger partial charge in [-0.05, 0) is 37.3 Å². The Morgan fingerprint density at radius 3 is 2.82 bits per heavy atom. The Morgan fingerprint density at radius 2 is 2.09 bits per heavy atom. The molecule has 2 fully saturated rings. The fourth-order valence-electron chi connectivity index (χ4n) is 3.26. The van der Waals surface area contributed by atoms with Crippen LogP contribution in [-0.2, 0) is 4.74 Å². The molecule has 4 heterocycles. The summed E-state index contributed by atoms with van der Waals surface area (Å²) in [5.41, 5.74) is 1.47. The average molecular weight is 324 g/mol. The van der Waals surface area contributed by atoms with Crippen LogP contribution >= 0.6 is 11.6 Å². The molecular weight excluding hydrogens is 306 g/mol. The van der Waals surface area contributed by atoms with Crippen LogP contribution in [0.5, 0.6) is 0 Å². The van der Waals surface area contributed by atoms with Gasteiger partial charge in [0, 0.05) is 13.1 Å². The monoisotopic (exact) mass is 323 g/mol. The molecule has 7 nitrogen and oxygen atoms in total. The van der Waals surface area contributed by atoms with Crippen molar-refractivity contribution in [1.82, 2.24) is 19.5 Å². The Bertz CT molecular complexity index is 685. The molecular formula is C14H18ClN5O2. The van der Waals surface area contributed by atoms with Gasteiger partial charge in [0.2, 0.25) is 5.28 Å². The number of anilines is 1. The van der Waals surface area contributed by atoms with Crippen molar-refractivity contribution in [2.24, 2.45) is 0 Å². The van der Waals surface area contributed by atoms with Crippen LogP contribution in [0.15, 0.2) is 6.33 Å². The maximum Gasteiger partial charge on any atom is 0.226 e. The zero-order chi connectivity index (χ0) is 15.1. The zero-order valence-corrected chi connectivity index (χ0v) is 12.9. The summed E-state index contributed by atoms with van der Waals surface area (Å²) in [4.78, 5) is 15.4. The van der Waals surface area contributed by atoms with E-state index in [1.165, 1.54) is 0 Å². The molecule has 0 radical (unpaired) electrons. The number of imidazole rings is 1. The van der Waals surface area contributed by atoms with Crippen molar-refractivity contribution in [2.45, 2.75) is 38.0 Å². The van der Waals surface area contributed by atoms with Crippen LogP contribution in [0.4, 0.5) is 5.82 Å². The van der Waals surface area contributed by atoms with Gasteiger partial charge in [-0.2, -0.15) is 9.97 Å². The summed E-state index contributed by atoms with van der Waals surface area (Å²) in [5, 5.41) is 9.45. The van der Waals surface area contributed by atoms with Gasteiger partial charge >= 0.3 is 0 Å². The van der Waals surface area contributed by atoms with Crippen LogP contribution in [0, 0.1) is 0 Å². The highest BCUT2D eigenvalue weighted by molar-refractivity contribution is 6.28. The minimum atomic E-state index is -0.153. The van der Waals surface area contributed by atoms with Gasteiger partial charge in [-0.1, -0.05) is 0 Å². The normalized spacial score (nSPS) is 25.5. The number of nitrogens with zero attached hydrogens (tertiary/aromatic N) is 5. The number of hydrogen-bond acceptors (Lipinski definition) is 6. The van der Waals surface area contributed by atoms with Crippen LogP contribution in [0.3, 0.4) is 0 Å². The van der Waals surface area contributed by atoms with Gasteiger partial charge in [-0.25, -0.2) is 4.98 Å². The molecule has 2 atom stereocenters. The fraction of sp³-hybridized carbons (Fsp3) is 0.643. The molecule has 118 valence electrons. The maximum absolute atomic E-state index is 9.22. The van der Waals surface area contributed by atoms with Gasteiger partial charge in [0.05, 0.1) is 19.0 Å². The quantitative estimate of drug-likeness (QED) is 0.867. The van der Waals surface area contributed by atoms with E-state index in [1.54, 1.807) is 6.33 Å². The van der Waals surface area contributed by atoms with Crippen LogP contribution in [0.2, 0.25) is 5.28 Å². The molecule has 2 aromatic rings. The van der Waals surface area contributed by atoms with E-state index in [0.29, 0.717) is 5.65 Å². The predicted octanol–water partition coefficient (Wildman–Crippen LogP) is 1.75. The van der Waals surface area contributed by atoms with Gasteiger partial charge in [0.15, 0.2) is 17.0 Å². The maximum atomic E-state index is 9.22. The van der Waals surface area contributed by atoms with Crippen molar-refractivity contribution in [3.05, 3.63) is 11.6 Å². The lowest BCUT2D eigenvalue weighted by molar-refractivity contribution is -0.0207. The molecule has 2 aromatic heterocycles. The minimum Gasteiger partial charge on any atom is -0.394 e. The topological polar surface area (TPSA) is 76.3 Å². The molecule has 0 aliphatic carbocycles. The van der Waals surface area contributed by atoms with Crippen molar-refractivity contribution in [1.29, 1.82) is 0 Å². The van der Waals surface area contributed by atoms with Crippen molar-refractivity contribution >= 4 is 28.6 Å². The summed E-state index contributed by atoms with van der Waals surface area (Å²) in [5.74, 6) is 0.808. The third kappa shape index (κ3) is 2.33. The first-order valence-electron chi connectivity index (χ1n) is 7.67. The second-order valence-corrected chi connectivity index (χ2v) is 6.15. The Kier molecular flexibility index (Phi) is 3.63. The van der Waals surface area contributed by atoms with E-state index >= 15 is 0 Å². The number of rotatable bonds is 3. The number of aliphatic hydroxyl groups is 1. The van der Waals surface area contributed by atoms with E-state index in [2.05, 4.69) is 19.9 Å². The average Bonchev–Trinajstić information content (AvgIpc) is 3.25. The largest absolute Gasteiger partial charge is 0.394 e. The molecule has 8 heteroatoms. The molecule has 4 rings (SSSR count). The summed E-state index contributed by atoms with van der Waals surface area (Å²) in [7, 11) is 0. The van der Waals surface area contributed by atoms with Crippen LogP contribution < -0.4 is 4.90 Å². The molecule has 0 spiro atoms. The Balaban J connectivity index is 1.75. The first kappa shape index (κ1) is 14.2. The number of halogens is 1. The Morgan fingerprint density at radius 1 is 1.27 bits per heavy atom. The lowest BCUT2D eigenvalue weighted by Crippen LogP contribution is -2.20. The molecule has 2 aliphatic heterocycles. The highest BCUT2D eigenvalue weighted by atomic mass is 35.5. The van der Waals surface area contributed by atoms with E-state index < -0.39 is 0 Å². The number of aromatic nitrogens is 4. The van der Waals surface area contributed by atoms with Gasteiger partial charge in [-0.15, -0.1) is 0 Å². The van der Waals surface area contributed by atoms with Crippen molar-refractivity contribution in [2.75, 3.05) is 24.6 Å². The second-order valence-electron chi connectivity index (χ2n) is 5.81. The Labute approximate surface area is 132 Å². The zero-order valence-electron chi connectivity index (χ0n) is 12.2. The van der Waals surface area contributed by atoms with E-state index in [1.807, 2.05) is 4.57 Å². The second kappa shape index (κ2) is 5.64. The van der Waals surface area contributed by atoms with Gasteiger partial charge in [0.25, 0.3) is 0 Å². The van der Waals surface area contributed by atoms with Gasteiger partial charge < -0.3 is 14.7 Å². The summed E-state index contributed by atoms with van der Waals surface area (Å²) < 4.78 is 7.73. The molecule has 0 amide bonds. The molecule has 0 bridgehead atoms. The highest BCUT2D eigenvalue weighted by Gasteiger charge is 2.29. The third-order valence-corrected chi connectivity index (χ3v) is 4.55. The Hall–Kier alpha value is -1.44. The predicted molar refractivity (Wildman–Crippen MR) is 82.0 cm³/mol. The van der Waals surface area contributed by atoms with Crippen LogP contribution in [-0.4, -0.2) is 50.4 Å². The van der Waals surface area contributed by atoms with E-state index in [0.717, 1.165) is 50.1 Å². The fourth-order valence-corrected chi connectivity index (χ4v) is 3.42. The van der Waals surface area contributed by atoms with E-state index in [4.69, 9.17) is 16.3 Å². The first-order valence-corrected chi connectivity index (χ1v) is 8.05. The number of fused-ring (bicyclic) bond motifs is 1. The lowest BCUT2D eigenvalue weighted by Gasteiger charge is -2.17. The smallest absolute Gasteiger partial charge is 0.226 e. The first-order chi connectivity index (χ1) is 10.8. The number of aliphatic hydroxyl groups excluding tert-OH is 1. The van der Waals surface area contributed by atoms with E-state index in [-0.39, 0.29) is 24.2 Å². The van der Waals surface area contributed by atoms with Crippen LogP contribution in [0.25, 0.3) is 11.2 Å². The lowest BCUT2D eigenvalue weighted by atomic mass is 10.2. The summed E-state index contributed by atoms with van der Waals surface area (Å²) >= 11 is 6.12. The third-order valence-electron chi connectivity index (χ3n) is 4.38. The van der Waals surface area contributed by atoms with Gasteiger partial charge in [-0.3, -0.25) is 4.57 Å². The van der Waals surface area contributed by atoms with Gasteiger partial charge in [0.1, 0.15) is 6.23 Å². The van der Waals surface area contributed by atoms with Crippen LogP contribution in [0.1, 0.15) is 31.9 Å². The molecule has 0 saturated carbocycles. The molecule has 1 N–H and O–H groups in total. The summed E-state index contributed by atoms with van der Waals surface area (Å²) in [6.45, 7) is 1.99. The molecule has 2 saturated heterocycles.